The van der Waals surface area contributed by atoms with Gasteiger partial charge in [-0.15, -0.1) is 11.3 Å². The standard InChI is InChI=1S/C24H22N2O4S/c27-23(11-6-17-4-2-1-3-5-17)26-13-12-18-14-20(8-7-19(18)15-26)30-16-21-9-10-22(31-21)24(28)25-29/h1-11,14,29H,12-13,15-16H2,(H,25,28). The highest BCUT2D eigenvalue weighted by atomic mass is 32.1. The Labute approximate surface area is 184 Å². The smallest absolute Gasteiger partial charge is 0.284 e. The van der Waals surface area contributed by atoms with Crippen LogP contribution < -0.4 is 10.2 Å². The fourth-order valence-corrected chi connectivity index (χ4v) is 4.24. The largest absolute Gasteiger partial charge is 0.488 e. The molecule has 2 aromatic carbocycles. The average Bonchev–Trinajstić information content (AvgIpc) is 3.30. The Hall–Kier alpha value is -3.42. The van der Waals surface area contributed by atoms with Crippen molar-refractivity contribution in [1.82, 2.24) is 10.4 Å². The highest BCUT2D eigenvalue weighted by Crippen LogP contribution is 2.26. The van der Waals surface area contributed by atoms with Gasteiger partial charge in [0.2, 0.25) is 5.91 Å². The normalized spacial score (nSPS) is 13.1. The second kappa shape index (κ2) is 9.59. The molecule has 2 amide bonds. The number of carbonyl (C=O) groups excluding carboxylic acids is 2. The molecule has 2 N–H and O–H groups in total. The minimum absolute atomic E-state index is 0.00949. The Morgan fingerprint density at radius 1 is 1.10 bits per heavy atom. The summed E-state index contributed by atoms with van der Waals surface area (Å²) < 4.78 is 5.87. The lowest BCUT2D eigenvalue weighted by molar-refractivity contribution is -0.126. The molecule has 2 heterocycles. The monoisotopic (exact) mass is 434 g/mol. The van der Waals surface area contributed by atoms with Crippen LogP contribution in [0.5, 0.6) is 5.75 Å². The fraction of sp³-hybridized carbons (Fsp3) is 0.167. The van der Waals surface area contributed by atoms with Gasteiger partial charge >= 0.3 is 0 Å². The third-order valence-electron chi connectivity index (χ3n) is 5.09. The predicted octanol–water partition coefficient (Wildman–Crippen LogP) is 4.04. The van der Waals surface area contributed by atoms with E-state index in [9.17, 15) is 9.59 Å². The molecule has 0 atom stereocenters. The number of thiophene rings is 1. The van der Waals surface area contributed by atoms with E-state index in [1.807, 2.05) is 59.5 Å². The molecule has 158 valence electrons. The maximum Gasteiger partial charge on any atom is 0.284 e. The van der Waals surface area contributed by atoms with Crippen LogP contribution in [0.3, 0.4) is 0 Å². The summed E-state index contributed by atoms with van der Waals surface area (Å²) >= 11 is 1.27. The quantitative estimate of drug-likeness (QED) is 0.349. The molecule has 3 aromatic rings. The summed E-state index contributed by atoms with van der Waals surface area (Å²) in [5, 5.41) is 8.70. The molecule has 31 heavy (non-hydrogen) atoms. The van der Waals surface area contributed by atoms with Crippen LogP contribution in [-0.4, -0.2) is 28.5 Å². The zero-order valence-corrected chi connectivity index (χ0v) is 17.6. The molecule has 6 nitrogen and oxygen atoms in total. The van der Waals surface area contributed by atoms with Gasteiger partial charge in [0.25, 0.3) is 5.91 Å². The van der Waals surface area contributed by atoms with Crippen LogP contribution in [0.2, 0.25) is 0 Å². The van der Waals surface area contributed by atoms with E-state index in [0.29, 0.717) is 24.6 Å². The number of rotatable bonds is 6. The number of fused-ring (bicyclic) bond motifs is 1. The van der Waals surface area contributed by atoms with Crippen molar-refractivity contribution in [3.05, 3.63) is 93.2 Å². The summed E-state index contributed by atoms with van der Waals surface area (Å²) in [7, 11) is 0. The lowest BCUT2D eigenvalue weighted by Crippen LogP contribution is -2.34. The summed E-state index contributed by atoms with van der Waals surface area (Å²) in [4.78, 5) is 27.1. The summed E-state index contributed by atoms with van der Waals surface area (Å²) in [6, 6.07) is 19.2. The van der Waals surface area contributed by atoms with Gasteiger partial charge in [-0.2, -0.15) is 0 Å². The third-order valence-corrected chi connectivity index (χ3v) is 6.15. The third kappa shape index (κ3) is 5.20. The fourth-order valence-electron chi connectivity index (χ4n) is 3.43. The Balaban J connectivity index is 1.35. The van der Waals surface area contributed by atoms with E-state index in [4.69, 9.17) is 9.94 Å². The van der Waals surface area contributed by atoms with Gasteiger partial charge in [-0.1, -0.05) is 36.4 Å². The Morgan fingerprint density at radius 3 is 2.74 bits per heavy atom. The molecule has 0 saturated heterocycles. The zero-order chi connectivity index (χ0) is 21.6. The number of hydrogen-bond donors (Lipinski definition) is 2. The number of nitrogens with one attached hydrogen (secondary N) is 1. The van der Waals surface area contributed by atoms with Crippen molar-refractivity contribution in [2.45, 2.75) is 19.6 Å². The molecule has 0 bridgehead atoms. The van der Waals surface area contributed by atoms with Crippen molar-refractivity contribution < 1.29 is 19.5 Å². The highest BCUT2D eigenvalue weighted by Gasteiger charge is 2.19. The summed E-state index contributed by atoms with van der Waals surface area (Å²) in [5.74, 6) is 0.238. The van der Waals surface area contributed by atoms with Crippen molar-refractivity contribution in [1.29, 1.82) is 0 Å². The first-order valence-corrected chi connectivity index (χ1v) is 10.7. The van der Waals surface area contributed by atoms with Crippen molar-refractivity contribution in [2.24, 2.45) is 0 Å². The Kier molecular flexibility index (Phi) is 6.45. The van der Waals surface area contributed by atoms with Gasteiger partial charge in [0.05, 0.1) is 4.88 Å². The van der Waals surface area contributed by atoms with Gasteiger partial charge in [-0.05, 0) is 53.5 Å². The molecule has 7 heteroatoms. The predicted molar refractivity (Wildman–Crippen MR) is 119 cm³/mol. The van der Waals surface area contributed by atoms with Crippen molar-refractivity contribution in [3.8, 4) is 5.75 Å². The molecule has 0 radical (unpaired) electrons. The molecule has 1 aliphatic rings. The van der Waals surface area contributed by atoms with E-state index in [2.05, 4.69) is 0 Å². The van der Waals surface area contributed by atoms with Gasteiger partial charge in [-0.3, -0.25) is 14.8 Å². The summed E-state index contributed by atoms with van der Waals surface area (Å²) in [5.41, 5.74) is 4.94. The first-order chi connectivity index (χ1) is 15.1. The number of benzene rings is 2. The number of amides is 2. The second-order valence-corrected chi connectivity index (χ2v) is 8.35. The molecule has 0 unspecified atom stereocenters. The number of hydrogen-bond acceptors (Lipinski definition) is 5. The van der Waals surface area contributed by atoms with Gasteiger partial charge in [0.1, 0.15) is 12.4 Å². The first kappa shape index (κ1) is 20.8. The molecule has 0 aliphatic carbocycles. The van der Waals surface area contributed by atoms with Gasteiger partial charge in [-0.25, -0.2) is 5.48 Å². The van der Waals surface area contributed by atoms with Crippen LogP contribution in [0.15, 0.2) is 66.7 Å². The van der Waals surface area contributed by atoms with Crippen molar-refractivity contribution in [3.63, 3.8) is 0 Å². The summed E-state index contributed by atoms with van der Waals surface area (Å²) in [6.45, 7) is 1.59. The summed E-state index contributed by atoms with van der Waals surface area (Å²) in [6.07, 6.45) is 4.25. The molecular formula is C24H22N2O4S. The first-order valence-electron chi connectivity index (χ1n) is 9.92. The Bertz CT molecular complexity index is 1110. The molecule has 0 saturated carbocycles. The highest BCUT2D eigenvalue weighted by molar-refractivity contribution is 7.14. The number of ether oxygens (including phenoxy) is 1. The molecular weight excluding hydrogens is 412 g/mol. The van der Waals surface area contributed by atoms with E-state index in [1.165, 1.54) is 16.9 Å². The van der Waals surface area contributed by atoms with Crippen molar-refractivity contribution in [2.75, 3.05) is 6.54 Å². The van der Waals surface area contributed by atoms with Crippen molar-refractivity contribution >= 4 is 29.2 Å². The number of hydroxylamine groups is 1. The van der Waals surface area contributed by atoms with E-state index in [1.54, 1.807) is 23.7 Å². The van der Waals surface area contributed by atoms with E-state index in [0.717, 1.165) is 28.2 Å². The second-order valence-electron chi connectivity index (χ2n) is 7.18. The molecule has 0 spiro atoms. The van der Waals surface area contributed by atoms with Crippen LogP contribution in [-0.2, 0) is 24.4 Å². The van der Waals surface area contributed by atoms with Crippen LogP contribution in [0, 0.1) is 0 Å². The van der Waals surface area contributed by atoms with E-state index in [-0.39, 0.29) is 5.91 Å². The molecule has 1 aliphatic heterocycles. The average molecular weight is 435 g/mol. The molecule has 1 aromatic heterocycles. The number of nitrogens with zero attached hydrogens (tertiary/aromatic N) is 1. The SMILES string of the molecule is O=C(NO)c1ccc(COc2ccc3c(c2)CCN(C(=O)C=Cc2ccccc2)C3)s1. The zero-order valence-electron chi connectivity index (χ0n) is 16.8. The van der Waals surface area contributed by atoms with Gasteiger partial charge in [0, 0.05) is 24.0 Å². The lowest BCUT2D eigenvalue weighted by Gasteiger charge is -2.28. The number of carbonyl (C=O) groups is 2. The minimum Gasteiger partial charge on any atom is -0.488 e. The van der Waals surface area contributed by atoms with E-state index < -0.39 is 5.91 Å². The van der Waals surface area contributed by atoms with E-state index >= 15 is 0 Å². The molecule has 0 fully saturated rings. The topological polar surface area (TPSA) is 78.9 Å². The maximum atomic E-state index is 12.6. The van der Waals surface area contributed by atoms with Crippen LogP contribution in [0.4, 0.5) is 0 Å². The minimum atomic E-state index is -0.525. The maximum absolute atomic E-state index is 12.6. The van der Waals surface area contributed by atoms with Gasteiger partial charge < -0.3 is 9.64 Å². The molecule has 4 rings (SSSR count). The lowest BCUT2D eigenvalue weighted by atomic mass is 9.99. The van der Waals surface area contributed by atoms with Crippen LogP contribution in [0.25, 0.3) is 6.08 Å². The van der Waals surface area contributed by atoms with Crippen LogP contribution >= 0.6 is 11.3 Å². The van der Waals surface area contributed by atoms with Crippen LogP contribution in [0.1, 0.15) is 31.2 Å². The van der Waals surface area contributed by atoms with Gasteiger partial charge in [0.15, 0.2) is 0 Å². The Morgan fingerprint density at radius 2 is 1.94 bits per heavy atom.